The van der Waals surface area contributed by atoms with Crippen molar-refractivity contribution >= 4 is 38.7 Å². The molecule has 31 heavy (non-hydrogen) atoms. The number of ketones is 1. The molecule has 2 aromatic carbocycles. The minimum atomic E-state index is -1.03. The number of Topliss-reactive ketones (excluding diaryl/α,β-unsaturated/α-hetero) is 1. The molecular weight excluding hydrogens is 464 g/mol. The maximum Gasteiger partial charge on any atom is 0.307 e. The zero-order valence-corrected chi connectivity index (χ0v) is 18.8. The molecule has 0 bridgehead atoms. The number of hydrogen-bond donors (Lipinski definition) is 1. The second kappa shape index (κ2) is 9.92. The summed E-state index contributed by atoms with van der Waals surface area (Å²) >= 11 is 3.46. The summed E-state index contributed by atoms with van der Waals surface area (Å²) in [5.74, 6) is -2.35. The number of aliphatic carboxylic acids is 1. The Balaban J connectivity index is 1.89. The molecule has 1 N–H and O–H groups in total. The van der Waals surface area contributed by atoms with Crippen LogP contribution in [0.4, 0.5) is 0 Å². The Labute approximate surface area is 188 Å². The van der Waals surface area contributed by atoms with Gasteiger partial charge in [-0.15, -0.1) is 0 Å². The molecule has 1 aromatic heterocycles. The Morgan fingerprint density at radius 3 is 2.58 bits per heavy atom. The highest BCUT2D eigenvalue weighted by atomic mass is 79.9. The summed E-state index contributed by atoms with van der Waals surface area (Å²) in [6.07, 6.45) is 0.404. The first-order valence-electron chi connectivity index (χ1n) is 10.0. The van der Waals surface area contributed by atoms with Crippen LogP contribution in [0.5, 0.6) is 5.75 Å². The number of carboxylic acid groups (broad SMARTS) is 1. The van der Waals surface area contributed by atoms with Crippen molar-refractivity contribution in [2.75, 3.05) is 0 Å². The third-order valence-corrected chi connectivity index (χ3v) is 6.16. The van der Waals surface area contributed by atoms with Gasteiger partial charge in [0.15, 0.2) is 17.0 Å². The molecule has 3 rings (SSSR count). The van der Waals surface area contributed by atoms with E-state index in [4.69, 9.17) is 9.15 Å². The number of hydrogen-bond acceptors (Lipinski definition) is 5. The number of carbonyl (C=O) groups excluding carboxylic acids is 1. The van der Waals surface area contributed by atoms with Gasteiger partial charge in [-0.2, -0.15) is 0 Å². The second-order valence-electron chi connectivity index (χ2n) is 7.44. The molecule has 0 amide bonds. The number of benzene rings is 2. The number of halogens is 1. The van der Waals surface area contributed by atoms with Gasteiger partial charge in [0.1, 0.15) is 23.3 Å². The van der Waals surface area contributed by atoms with Crippen molar-refractivity contribution in [2.24, 2.45) is 11.8 Å². The first-order valence-corrected chi connectivity index (χ1v) is 10.8. The van der Waals surface area contributed by atoms with Crippen molar-refractivity contribution in [1.82, 2.24) is 0 Å². The molecule has 3 aromatic rings. The zero-order chi connectivity index (χ0) is 22.5. The summed E-state index contributed by atoms with van der Waals surface area (Å²) in [5, 5.41) is 9.68. The largest absolute Gasteiger partial charge is 0.488 e. The Kier molecular flexibility index (Phi) is 7.28. The topological polar surface area (TPSA) is 93.8 Å². The average molecular weight is 487 g/mol. The second-order valence-corrected chi connectivity index (χ2v) is 8.30. The highest BCUT2D eigenvalue weighted by Crippen LogP contribution is 2.27. The van der Waals surface area contributed by atoms with Gasteiger partial charge in [0, 0.05) is 22.5 Å². The van der Waals surface area contributed by atoms with E-state index in [2.05, 4.69) is 15.9 Å². The van der Waals surface area contributed by atoms with Crippen LogP contribution in [0, 0.1) is 11.8 Å². The summed E-state index contributed by atoms with van der Waals surface area (Å²) in [5.41, 5.74) is 0.721. The first kappa shape index (κ1) is 22.7. The molecule has 162 valence electrons. The predicted octanol–water partition coefficient (Wildman–Crippen LogP) is 5.45. The van der Waals surface area contributed by atoms with Gasteiger partial charge in [-0.3, -0.25) is 14.4 Å². The average Bonchev–Trinajstić information content (AvgIpc) is 2.75. The van der Waals surface area contributed by atoms with Crippen LogP contribution in [0.3, 0.4) is 0 Å². The fraction of sp³-hybridized carbons (Fsp3) is 0.292. The molecule has 7 heteroatoms. The minimum Gasteiger partial charge on any atom is -0.488 e. The lowest BCUT2D eigenvalue weighted by molar-refractivity contribution is -0.143. The van der Waals surface area contributed by atoms with Crippen molar-refractivity contribution in [1.29, 1.82) is 0 Å². The maximum absolute atomic E-state index is 12.8. The van der Waals surface area contributed by atoms with Crippen molar-refractivity contribution in [3.8, 4) is 5.75 Å². The van der Waals surface area contributed by atoms with Gasteiger partial charge in [-0.05, 0) is 24.1 Å². The fourth-order valence-corrected chi connectivity index (χ4v) is 3.72. The molecule has 0 aliphatic carbocycles. The smallest absolute Gasteiger partial charge is 0.307 e. The molecule has 0 saturated heterocycles. The molecule has 0 aliphatic rings. The van der Waals surface area contributed by atoms with Gasteiger partial charge in [-0.1, -0.05) is 60.5 Å². The van der Waals surface area contributed by atoms with Gasteiger partial charge >= 0.3 is 5.97 Å². The normalized spacial score (nSPS) is 13.0. The lowest BCUT2D eigenvalue weighted by Gasteiger charge is -2.17. The van der Waals surface area contributed by atoms with E-state index in [1.807, 2.05) is 31.2 Å². The van der Waals surface area contributed by atoms with E-state index in [0.717, 1.165) is 16.1 Å². The van der Waals surface area contributed by atoms with Gasteiger partial charge in [0.05, 0.1) is 5.92 Å². The van der Waals surface area contributed by atoms with Gasteiger partial charge < -0.3 is 14.3 Å². The van der Waals surface area contributed by atoms with Crippen LogP contribution in [0.15, 0.2) is 62.2 Å². The molecule has 0 spiro atoms. The maximum atomic E-state index is 12.8. The minimum absolute atomic E-state index is 0.144. The zero-order valence-electron chi connectivity index (χ0n) is 17.3. The number of rotatable bonds is 9. The van der Waals surface area contributed by atoms with Crippen LogP contribution in [0.2, 0.25) is 0 Å². The Morgan fingerprint density at radius 1 is 1.16 bits per heavy atom. The van der Waals surface area contributed by atoms with Gasteiger partial charge in [0.25, 0.3) is 0 Å². The Hall–Kier alpha value is -2.93. The summed E-state index contributed by atoms with van der Waals surface area (Å²) in [4.78, 5) is 37.0. The molecule has 0 aliphatic heterocycles. The third-order valence-electron chi connectivity index (χ3n) is 5.39. The molecular formula is C24H23BrO6. The van der Waals surface area contributed by atoms with E-state index in [1.165, 1.54) is 0 Å². The van der Waals surface area contributed by atoms with Crippen LogP contribution in [0.1, 0.15) is 42.8 Å². The fourth-order valence-electron chi connectivity index (χ4n) is 3.32. The molecule has 0 fully saturated rings. The summed E-state index contributed by atoms with van der Waals surface area (Å²) in [6.45, 7) is 3.91. The molecule has 0 saturated carbocycles. The summed E-state index contributed by atoms with van der Waals surface area (Å²) in [7, 11) is 0. The number of carboxylic acids is 1. The Bertz CT molecular complexity index is 1170. The lowest BCUT2D eigenvalue weighted by Crippen LogP contribution is -2.24. The number of fused-ring (bicyclic) bond motifs is 1. The molecule has 1 heterocycles. The molecule has 2 atom stereocenters. The standard InChI is InChI=1S/C24H23BrO6/c1-3-14(2)16(24(28)29)11-18(26)22-12-19(27)23-20(9-6-10-21(23)31-22)30-13-15-7-4-5-8-17(15)25/h4-10,12,14,16H,3,11,13H2,1-2H3,(H,28,29)/t14?,16-/m0/s1. The van der Waals surface area contributed by atoms with Crippen molar-refractivity contribution in [3.63, 3.8) is 0 Å². The van der Waals surface area contributed by atoms with Crippen LogP contribution in [0.25, 0.3) is 11.0 Å². The highest BCUT2D eigenvalue weighted by molar-refractivity contribution is 9.10. The molecule has 1 unspecified atom stereocenters. The summed E-state index contributed by atoms with van der Waals surface area (Å²) < 4.78 is 12.4. The third kappa shape index (κ3) is 5.22. The quantitative estimate of drug-likeness (QED) is 0.403. The summed E-state index contributed by atoms with van der Waals surface area (Å²) in [6, 6.07) is 13.6. The van der Waals surface area contributed by atoms with E-state index < -0.39 is 23.1 Å². The van der Waals surface area contributed by atoms with E-state index in [1.54, 1.807) is 25.1 Å². The van der Waals surface area contributed by atoms with Crippen LogP contribution >= 0.6 is 15.9 Å². The molecule has 6 nitrogen and oxygen atoms in total. The van der Waals surface area contributed by atoms with Crippen LogP contribution in [-0.2, 0) is 11.4 Å². The van der Waals surface area contributed by atoms with Crippen LogP contribution < -0.4 is 10.2 Å². The van der Waals surface area contributed by atoms with E-state index in [0.29, 0.717) is 12.2 Å². The van der Waals surface area contributed by atoms with Crippen molar-refractivity contribution in [2.45, 2.75) is 33.3 Å². The highest BCUT2D eigenvalue weighted by Gasteiger charge is 2.28. The lowest BCUT2D eigenvalue weighted by atomic mass is 9.87. The van der Waals surface area contributed by atoms with E-state index in [-0.39, 0.29) is 35.7 Å². The Morgan fingerprint density at radius 2 is 1.90 bits per heavy atom. The number of ether oxygens (including phenoxy) is 1. The van der Waals surface area contributed by atoms with Gasteiger partial charge in [0.2, 0.25) is 0 Å². The first-order chi connectivity index (χ1) is 14.8. The molecule has 0 radical (unpaired) electrons. The van der Waals surface area contributed by atoms with Crippen molar-refractivity contribution in [3.05, 3.63) is 74.6 Å². The van der Waals surface area contributed by atoms with Crippen LogP contribution in [-0.4, -0.2) is 16.9 Å². The number of carbonyl (C=O) groups is 2. The van der Waals surface area contributed by atoms with Crippen molar-refractivity contribution < 1.29 is 23.8 Å². The SMILES string of the molecule is CCC(C)[C@H](CC(=O)c1cc(=O)c2c(OCc3ccccc3Br)cccc2o1)C(=O)O. The predicted molar refractivity (Wildman–Crippen MR) is 120 cm³/mol. The van der Waals surface area contributed by atoms with Gasteiger partial charge in [-0.25, -0.2) is 0 Å². The van der Waals surface area contributed by atoms with E-state index in [9.17, 15) is 19.5 Å². The van der Waals surface area contributed by atoms with E-state index >= 15 is 0 Å². The monoisotopic (exact) mass is 486 g/mol.